The zero-order chi connectivity index (χ0) is 17.0. The highest BCUT2D eigenvalue weighted by molar-refractivity contribution is 5.77. The molecule has 5 nitrogen and oxygen atoms in total. The van der Waals surface area contributed by atoms with Crippen molar-refractivity contribution in [2.45, 2.75) is 45.3 Å². The Hall–Kier alpha value is -1.75. The molecule has 2 rings (SSSR count). The molecule has 0 N–H and O–H groups in total. The van der Waals surface area contributed by atoms with E-state index in [1.165, 1.54) is 0 Å². The first kappa shape index (κ1) is 17.6. The van der Waals surface area contributed by atoms with Crippen molar-refractivity contribution in [3.8, 4) is 11.5 Å². The maximum absolute atomic E-state index is 12.6. The number of nitrogens with zero attached hydrogens (tertiary/aromatic N) is 1. The van der Waals surface area contributed by atoms with Crippen LogP contribution in [0.25, 0.3) is 0 Å². The maximum atomic E-state index is 12.6. The number of amides is 1. The molecule has 0 spiro atoms. The molecule has 23 heavy (non-hydrogen) atoms. The van der Waals surface area contributed by atoms with Crippen LogP contribution in [0.3, 0.4) is 0 Å². The minimum atomic E-state index is -0.249. The van der Waals surface area contributed by atoms with E-state index < -0.39 is 0 Å². The van der Waals surface area contributed by atoms with Gasteiger partial charge in [0.15, 0.2) is 11.5 Å². The molecule has 0 aliphatic carbocycles. The van der Waals surface area contributed by atoms with Crippen molar-refractivity contribution in [1.29, 1.82) is 0 Å². The van der Waals surface area contributed by atoms with Gasteiger partial charge in [0.2, 0.25) is 5.91 Å². The average Bonchev–Trinajstić information content (AvgIpc) is 2.54. The van der Waals surface area contributed by atoms with Crippen molar-refractivity contribution in [3.63, 3.8) is 0 Å². The van der Waals surface area contributed by atoms with Crippen LogP contribution in [0, 0.1) is 0 Å². The van der Waals surface area contributed by atoms with Gasteiger partial charge in [-0.2, -0.15) is 0 Å². The summed E-state index contributed by atoms with van der Waals surface area (Å²) in [7, 11) is 3.23. The monoisotopic (exact) mass is 321 g/mol. The number of ether oxygens (including phenoxy) is 3. The van der Waals surface area contributed by atoms with Gasteiger partial charge in [0, 0.05) is 13.0 Å². The molecule has 1 aromatic carbocycles. The van der Waals surface area contributed by atoms with E-state index in [4.69, 9.17) is 14.2 Å². The van der Waals surface area contributed by atoms with Crippen LogP contribution in [0.4, 0.5) is 0 Å². The fourth-order valence-corrected chi connectivity index (χ4v) is 2.84. The second-order valence-corrected chi connectivity index (χ2v) is 6.63. The van der Waals surface area contributed by atoms with Crippen LogP contribution < -0.4 is 9.47 Å². The van der Waals surface area contributed by atoms with Crippen molar-refractivity contribution in [1.82, 2.24) is 4.90 Å². The van der Waals surface area contributed by atoms with Crippen LogP contribution in [0.2, 0.25) is 0 Å². The van der Waals surface area contributed by atoms with Crippen molar-refractivity contribution in [3.05, 3.63) is 23.8 Å². The van der Waals surface area contributed by atoms with Gasteiger partial charge in [-0.15, -0.1) is 0 Å². The number of hydrogen-bond acceptors (Lipinski definition) is 4. The molecule has 1 fully saturated rings. The summed E-state index contributed by atoms with van der Waals surface area (Å²) in [6, 6.07) is 5.78. The number of aryl methyl sites for hydroxylation is 1. The number of carbonyl (C=O) groups excluding carboxylic acids is 1. The van der Waals surface area contributed by atoms with Crippen LogP contribution in [-0.2, 0) is 16.0 Å². The second-order valence-electron chi connectivity index (χ2n) is 6.63. The summed E-state index contributed by atoms with van der Waals surface area (Å²) in [5.74, 6) is 1.56. The first-order valence-corrected chi connectivity index (χ1v) is 8.00. The number of carbonyl (C=O) groups is 1. The second kappa shape index (κ2) is 7.21. The van der Waals surface area contributed by atoms with E-state index in [2.05, 4.69) is 0 Å². The Labute approximate surface area is 138 Å². The van der Waals surface area contributed by atoms with E-state index in [1.807, 2.05) is 43.9 Å². The van der Waals surface area contributed by atoms with Gasteiger partial charge in [0.25, 0.3) is 0 Å². The largest absolute Gasteiger partial charge is 0.493 e. The molecule has 1 heterocycles. The molecule has 1 atom stereocenters. The van der Waals surface area contributed by atoms with Gasteiger partial charge in [-0.3, -0.25) is 4.79 Å². The number of hydrogen-bond donors (Lipinski definition) is 0. The SMILES string of the molecule is COc1ccc(CCC(=O)N2C[C@@H](C)OCC2(C)C)cc1OC. The van der Waals surface area contributed by atoms with Crippen LogP contribution in [0.1, 0.15) is 32.8 Å². The summed E-state index contributed by atoms with van der Waals surface area (Å²) < 4.78 is 16.2. The van der Waals surface area contributed by atoms with Gasteiger partial charge in [-0.1, -0.05) is 6.07 Å². The Morgan fingerprint density at radius 3 is 2.65 bits per heavy atom. The summed E-state index contributed by atoms with van der Waals surface area (Å²) in [5.41, 5.74) is 0.816. The van der Waals surface area contributed by atoms with Crippen LogP contribution >= 0.6 is 0 Å². The van der Waals surface area contributed by atoms with Crippen LogP contribution in [-0.4, -0.2) is 49.8 Å². The lowest BCUT2D eigenvalue weighted by molar-refractivity contribution is -0.152. The lowest BCUT2D eigenvalue weighted by Gasteiger charge is -2.44. The highest BCUT2D eigenvalue weighted by atomic mass is 16.5. The maximum Gasteiger partial charge on any atom is 0.223 e. The predicted octanol–water partition coefficient (Wildman–Crippen LogP) is 2.66. The van der Waals surface area contributed by atoms with Crippen LogP contribution in [0.5, 0.6) is 11.5 Å². The fourth-order valence-electron chi connectivity index (χ4n) is 2.84. The molecule has 0 bridgehead atoms. The third-order valence-electron chi connectivity index (χ3n) is 4.27. The topological polar surface area (TPSA) is 48.0 Å². The molecule has 5 heteroatoms. The number of benzene rings is 1. The minimum absolute atomic E-state index is 0.0908. The zero-order valence-electron chi connectivity index (χ0n) is 14.7. The highest BCUT2D eigenvalue weighted by Gasteiger charge is 2.36. The van der Waals surface area contributed by atoms with Crippen molar-refractivity contribution >= 4 is 5.91 Å². The van der Waals surface area contributed by atoms with E-state index in [0.717, 1.165) is 5.56 Å². The molecule has 0 radical (unpaired) electrons. The van der Waals surface area contributed by atoms with E-state index in [-0.39, 0.29) is 17.6 Å². The van der Waals surface area contributed by atoms with Gasteiger partial charge in [-0.25, -0.2) is 0 Å². The number of morpholine rings is 1. The Bertz CT molecular complexity index is 556. The summed E-state index contributed by atoms with van der Waals surface area (Å²) in [6.07, 6.45) is 1.25. The van der Waals surface area contributed by atoms with Gasteiger partial charge >= 0.3 is 0 Å². The molecule has 1 saturated heterocycles. The Balaban J connectivity index is 2.01. The Morgan fingerprint density at radius 1 is 1.30 bits per heavy atom. The standard InChI is InChI=1S/C18H27NO4/c1-13-11-19(18(2,3)12-23-13)17(20)9-7-14-6-8-15(21-4)16(10-14)22-5/h6,8,10,13H,7,9,11-12H2,1-5H3/t13-/m1/s1. The number of methoxy groups -OCH3 is 2. The van der Waals surface area contributed by atoms with Crippen LogP contribution in [0.15, 0.2) is 18.2 Å². The summed E-state index contributed by atoms with van der Waals surface area (Å²) in [4.78, 5) is 14.6. The van der Waals surface area contributed by atoms with Crippen molar-refractivity contribution < 1.29 is 19.0 Å². The minimum Gasteiger partial charge on any atom is -0.493 e. The van der Waals surface area contributed by atoms with Gasteiger partial charge in [0.1, 0.15) is 0 Å². The zero-order valence-corrected chi connectivity index (χ0v) is 14.7. The summed E-state index contributed by atoms with van der Waals surface area (Å²) in [5, 5.41) is 0. The molecule has 0 saturated carbocycles. The average molecular weight is 321 g/mol. The van der Waals surface area contributed by atoms with Gasteiger partial charge < -0.3 is 19.1 Å². The molecule has 128 valence electrons. The van der Waals surface area contributed by atoms with Crippen molar-refractivity contribution in [2.75, 3.05) is 27.4 Å². The third kappa shape index (κ3) is 4.16. The van der Waals surface area contributed by atoms with Gasteiger partial charge in [-0.05, 0) is 44.9 Å². The lowest BCUT2D eigenvalue weighted by atomic mass is 9.99. The van der Waals surface area contributed by atoms with Crippen molar-refractivity contribution in [2.24, 2.45) is 0 Å². The predicted molar refractivity (Wildman–Crippen MR) is 89.1 cm³/mol. The van der Waals surface area contributed by atoms with E-state index in [9.17, 15) is 4.79 Å². The number of rotatable bonds is 5. The first-order valence-electron chi connectivity index (χ1n) is 8.00. The molecule has 1 aliphatic rings. The third-order valence-corrected chi connectivity index (χ3v) is 4.27. The van der Waals surface area contributed by atoms with E-state index in [0.29, 0.717) is 37.5 Å². The quantitative estimate of drug-likeness (QED) is 0.836. The molecule has 0 aromatic heterocycles. The summed E-state index contributed by atoms with van der Waals surface area (Å²) in [6.45, 7) is 7.33. The fraction of sp³-hybridized carbons (Fsp3) is 0.611. The molecule has 0 unspecified atom stereocenters. The smallest absolute Gasteiger partial charge is 0.223 e. The Kier molecular flexibility index (Phi) is 5.52. The normalized spacial score (nSPS) is 20.2. The Morgan fingerprint density at radius 2 is 2.00 bits per heavy atom. The lowest BCUT2D eigenvalue weighted by Crippen LogP contribution is -2.57. The van der Waals surface area contributed by atoms with E-state index >= 15 is 0 Å². The van der Waals surface area contributed by atoms with E-state index in [1.54, 1.807) is 14.2 Å². The molecular formula is C18H27NO4. The molecule has 1 amide bonds. The molecular weight excluding hydrogens is 294 g/mol. The first-order chi connectivity index (χ1) is 10.9. The highest BCUT2D eigenvalue weighted by Crippen LogP contribution is 2.28. The van der Waals surface area contributed by atoms with Gasteiger partial charge in [0.05, 0.1) is 32.5 Å². The summed E-state index contributed by atoms with van der Waals surface area (Å²) >= 11 is 0. The molecule has 1 aliphatic heterocycles. The molecule has 1 aromatic rings.